The minimum absolute atomic E-state index is 0.0291. The van der Waals surface area contributed by atoms with E-state index in [4.69, 9.17) is 35.3 Å². The van der Waals surface area contributed by atoms with Crippen LogP contribution in [0.4, 0.5) is 19.4 Å². The molecule has 4 aliphatic rings. The summed E-state index contributed by atoms with van der Waals surface area (Å²) in [4.78, 5) is 32.5. The molecule has 15 heteroatoms. The average Bonchev–Trinajstić information content (AvgIpc) is 3.56. The van der Waals surface area contributed by atoms with Crippen molar-refractivity contribution < 1.29 is 42.7 Å². The van der Waals surface area contributed by atoms with Crippen LogP contribution in [0.3, 0.4) is 0 Å². The van der Waals surface area contributed by atoms with Gasteiger partial charge < -0.3 is 39.0 Å². The summed E-state index contributed by atoms with van der Waals surface area (Å²) >= 11 is 0. The number of β-amino-alcohol motifs (C(OH)–C–C–N with tert-alkyl or cyclic N) is 1. The van der Waals surface area contributed by atoms with E-state index in [0.29, 0.717) is 37.7 Å². The Morgan fingerprint density at radius 3 is 2.60 bits per heavy atom. The van der Waals surface area contributed by atoms with E-state index >= 15 is 8.78 Å². The Morgan fingerprint density at radius 2 is 1.84 bits per heavy atom. The molecule has 1 aliphatic carbocycles. The van der Waals surface area contributed by atoms with Crippen LogP contribution in [0.2, 0.25) is 0 Å². The SMILES string of the molecule is C#Cc1c(F)ccc2cc(O)cc(-c3nc(OC)c4c(N5CCOC[C@@](C)(O)C5)nc(OC[C@]56CCC[C@H]5N(C5CCN(C(=O)OC)CC5)CCC6)nc4c3F)c12. The van der Waals surface area contributed by atoms with Crippen LogP contribution in [-0.2, 0) is 9.47 Å². The molecule has 2 aromatic carbocycles. The fourth-order valence-corrected chi connectivity index (χ4v) is 9.75. The molecule has 4 aromatic rings. The largest absolute Gasteiger partial charge is 0.508 e. The first-order chi connectivity index (χ1) is 27.5. The van der Waals surface area contributed by atoms with Gasteiger partial charge in [-0.1, -0.05) is 18.4 Å². The predicted molar refractivity (Wildman–Crippen MR) is 209 cm³/mol. The molecule has 0 spiro atoms. The number of anilines is 1. The van der Waals surface area contributed by atoms with Gasteiger partial charge in [0.2, 0.25) is 5.88 Å². The number of aromatic nitrogens is 3. The van der Waals surface area contributed by atoms with E-state index in [2.05, 4.69) is 15.8 Å². The number of phenolic OH excluding ortho intramolecular Hbond substituents is 1. The molecule has 2 N–H and O–H groups in total. The molecule has 0 radical (unpaired) electrons. The number of hydrogen-bond acceptors (Lipinski definition) is 12. The van der Waals surface area contributed by atoms with Crippen LogP contribution in [0.15, 0.2) is 24.3 Å². The number of rotatable bonds is 7. The quantitative estimate of drug-likeness (QED) is 0.224. The summed E-state index contributed by atoms with van der Waals surface area (Å²) in [5.41, 5.74) is -1.94. The molecule has 0 bridgehead atoms. The zero-order valence-corrected chi connectivity index (χ0v) is 32.5. The molecule has 1 amide bonds. The second-order valence-corrected chi connectivity index (χ2v) is 16.1. The number of aromatic hydroxyl groups is 1. The first-order valence-electron chi connectivity index (χ1n) is 19.6. The van der Waals surface area contributed by atoms with Gasteiger partial charge >= 0.3 is 12.1 Å². The van der Waals surface area contributed by atoms with Gasteiger partial charge in [-0.05, 0) is 75.6 Å². The summed E-state index contributed by atoms with van der Waals surface area (Å²) in [6, 6.07) is 5.90. The van der Waals surface area contributed by atoms with Crippen molar-refractivity contribution in [3.05, 3.63) is 41.5 Å². The zero-order valence-electron chi connectivity index (χ0n) is 32.5. The highest BCUT2D eigenvalue weighted by Crippen LogP contribution is 2.50. The highest BCUT2D eigenvalue weighted by molar-refractivity contribution is 6.04. The van der Waals surface area contributed by atoms with Gasteiger partial charge in [-0.25, -0.2) is 18.6 Å². The Hall–Kier alpha value is -5.04. The molecular formula is C42H48F2N6O7. The van der Waals surface area contributed by atoms with Crippen molar-refractivity contribution in [3.63, 3.8) is 0 Å². The number of hydrogen-bond donors (Lipinski definition) is 2. The normalized spacial score (nSPS) is 24.6. The Bertz CT molecular complexity index is 2240. The predicted octanol–water partition coefficient (Wildman–Crippen LogP) is 5.65. The maximum absolute atomic E-state index is 17.4. The van der Waals surface area contributed by atoms with Crippen LogP contribution in [-0.4, -0.2) is 126 Å². The molecule has 3 aliphatic heterocycles. The fourth-order valence-electron chi connectivity index (χ4n) is 9.75. The van der Waals surface area contributed by atoms with Gasteiger partial charge in [-0.3, -0.25) is 4.90 Å². The van der Waals surface area contributed by atoms with Gasteiger partial charge in [0.15, 0.2) is 5.82 Å². The maximum Gasteiger partial charge on any atom is 0.409 e. The summed E-state index contributed by atoms with van der Waals surface area (Å²) in [6.07, 6.45) is 12.2. The number of fused-ring (bicyclic) bond motifs is 3. The van der Waals surface area contributed by atoms with E-state index in [1.165, 1.54) is 38.5 Å². The minimum Gasteiger partial charge on any atom is -0.508 e. The van der Waals surface area contributed by atoms with Crippen molar-refractivity contribution in [2.75, 3.05) is 71.7 Å². The van der Waals surface area contributed by atoms with Crippen LogP contribution in [0.25, 0.3) is 32.9 Å². The van der Waals surface area contributed by atoms with Crippen molar-refractivity contribution in [2.24, 2.45) is 5.41 Å². The molecule has 3 atom stereocenters. The van der Waals surface area contributed by atoms with Gasteiger partial charge in [-0.2, -0.15) is 9.97 Å². The van der Waals surface area contributed by atoms with Crippen molar-refractivity contribution in [1.29, 1.82) is 0 Å². The summed E-state index contributed by atoms with van der Waals surface area (Å²) < 4.78 is 55.6. The number of carbonyl (C=O) groups excluding carboxylic acids is 1. The molecule has 57 heavy (non-hydrogen) atoms. The van der Waals surface area contributed by atoms with Crippen LogP contribution in [0.1, 0.15) is 57.4 Å². The van der Waals surface area contributed by atoms with Gasteiger partial charge in [0.05, 0.1) is 46.1 Å². The number of pyridine rings is 1. The average molecular weight is 787 g/mol. The lowest BCUT2D eigenvalue weighted by Gasteiger charge is -2.50. The Labute approximate surface area is 329 Å². The highest BCUT2D eigenvalue weighted by atomic mass is 19.1. The monoisotopic (exact) mass is 786 g/mol. The van der Waals surface area contributed by atoms with Gasteiger partial charge in [0, 0.05) is 48.1 Å². The zero-order chi connectivity index (χ0) is 40.1. The number of carbonyl (C=O) groups is 1. The molecule has 4 fully saturated rings. The molecule has 3 saturated heterocycles. The van der Waals surface area contributed by atoms with E-state index < -0.39 is 17.2 Å². The first kappa shape index (κ1) is 38.8. The summed E-state index contributed by atoms with van der Waals surface area (Å²) in [5, 5.41) is 22.7. The van der Waals surface area contributed by atoms with E-state index in [-0.39, 0.29) is 93.9 Å². The van der Waals surface area contributed by atoms with Crippen molar-refractivity contribution in [1.82, 2.24) is 24.8 Å². The Kier molecular flexibility index (Phi) is 10.5. The molecule has 13 nitrogen and oxygen atoms in total. The number of terminal acetylenes is 1. The van der Waals surface area contributed by atoms with Crippen LogP contribution in [0.5, 0.6) is 17.6 Å². The van der Waals surface area contributed by atoms with E-state index in [1.54, 1.807) is 16.7 Å². The second kappa shape index (κ2) is 15.4. The van der Waals surface area contributed by atoms with Gasteiger partial charge in [0.25, 0.3) is 0 Å². The lowest BCUT2D eigenvalue weighted by Crippen LogP contribution is -2.57. The standard InChI is InChI=1S/C42H48F2N6O7/c1-5-28-30(43)10-9-25-20-27(51)21-29(32(25)28)35-34(44)36-33(38(45-35)54-3)37(49-18-19-56-23-41(2,53)22-49)47-39(46-36)57-24-42-13-6-8-31(42)50(15-7-14-42)26-11-16-48(17-12-26)40(52)55-4/h1,9-10,20-21,26,31,51,53H,6-8,11-19,22-24H2,2-4H3/t31-,41+,42-/m1/s1. The lowest BCUT2D eigenvalue weighted by atomic mass is 9.74. The number of piperidine rings is 2. The molecule has 2 aromatic heterocycles. The third kappa shape index (κ3) is 7.12. The third-order valence-electron chi connectivity index (χ3n) is 12.3. The molecular weight excluding hydrogens is 738 g/mol. The number of methoxy groups -OCH3 is 2. The number of nitrogens with zero attached hydrogens (tertiary/aromatic N) is 6. The summed E-state index contributed by atoms with van der Waals surface area (Å²) in [7, 11) is 2.80. The van der Waals surface area contributed by atoms with Crippen LogP contribution in [0, 0.1) is 29.4 Å². The number of likely N-dealkylation sites (tertiary alicyclic amines) is 2. The van der Waals surface area contributed by atoms with Crippen molar-refractivity contribution in [3.8, 4) is 41.2 Å². The number of amides is 1. The summed E-state index contributed by atoms with van der Waals surface area (Å²) in [6.45, 7) is 4.99. The molecule has 0 unspecified atom stereocenters. The third-order valence-corrected chi connectivity index (χ3v) is 12.3. The van der Waals surface area contributed by atoms with E-state index in [9.17, 15) is 15.0 Å². The van der Waals surface area contributed by atoms with Gasteiger partial charge in [0.1, 0.15) is 39.6 Å². The Morgan fingerprint density at radius 1 is 1.05 bits per heavy atom. The van der Waals surface area contributed by atoms with Crippen LogP contribution >= 0.6 is 0 Å². The van der Waals surface area contributed by atoms with Crippen molar-refractivity contribution in [2.45, 2.75) is 69.6 Å². The van der Waals surface area contributed by atoms with Crippen molar-refractivity contribution >= 4 is 33.6 Å². The molecule has 8 rings (SSSR count). The van der Waals surface area contributed by atoms with Gasteiger partial charge in [-0.15, -0.1) is 6.42 Å². The summed E-state index contributed by atoms with van der Waals surface area (Å²) in [5.74, 6) is 0.829. The van der Waals surface area contributed by atoms with Crippen LogP contribution < -0.4 is 14.4 Å². The first-order valence-corrected chi connectivity index (χ1v) is 19.6. The number of aliphatic hydroxyl groups is 1. The topological polar surface area (TPSA) is 143 Å². The molecule has 5 heterocycles. The fraction of sp³-hybridized carbons (Fsp3) is 0.524. The number of phenols is 1. The smallest absolute Gasteiger partial charge is 0.409 e. The Balaban J connectivity index is 1.21. The molecule has 302 valence electrons. The second-order valence-electron chi connectivity index (χ2n) is 16.1. The number of halogens is 2. The molecule has 1 saturated carbocycles. The van der Waals surface area contributed by atoms with E-state index in [0.717, 1.165) is 51.5 Å². The number of benzene rings is 2. The minimum atomic E-state index is -1.27. The maximum atomic E-state index is 17.4. The lowest BCUT2D eigenvalue weighted by molar-refractivity contribution is -0.0352. The number of ether oxygens (including phenoxy) is 4. The van der Waals surface area contributed by atoms with E-state index in [1.807, 2.05) is 0 Å². The highest BCUT2D eigenvalue weighted by Gasteiger charge is 2.50.